The van der Waals surface area contributed by atoms with E-state index >= 15 is 4.39 Å². The van der Waals surface area contributed by atoms with E-state index in [9.17, 15) is 8.42 Å². The summed E-state index contributed by atoms with van der Waals surface area (Å²) in [6.45, 7) is 0. The highest BCUT2D eigenvalue weighted by Gasteiger charge is 2.22. The third kappa shape index (κ3) is 5.26. The molecule has 0 spiro atoms. The van der Waals surface area contributed by atoms with Crippen LogP contribution in [0, 0.1) is 5.82 Å². The highest BCUT2D eigenvalue weighted by Crippen LogP contribution is 2.39. The van der Waals surface area contributed by atoms with Crippen LogP contribution in [0.3, 0.4) is 0 Å². The fourth-order valence-electron chi connectivity index (χ4n) is 3.44. The summed E-state index contributed by atoms with van der Waals surface area (Å²) in [6.07, 6.45) is 3.32. The summed E-state index contributed by atoms with van der Waals surface area (Å²) >= 11 is 0. The van der Waals surface area contributed by atoms with Gasteiger partial charge in [0.1, 0.15) is 0 Å². The van der Waals surface area contributed by atoms with Crippen molar-refractivity contribution in [3.8, 4) is 23.0 Å². The molecule has 0 atom stereocenters. The van der Waals surface area contributed by atoms with Gasteiger partial charge in [-0.15, -0.1) is 0 Å². The predicted octanol–water partition coefficient (Wildman–Crippen LogP) is 4.59. The first-order valence-corrected chi connectivity index (χ1v) is 11.8. The van der Waals surface area contributed by atoms with Crippen LogP contribution in [0.4, 0.5) is 10.1 Å². The Morgan fingerprint density at radius 1 is 0.853 bits per heavy atom. The molecule has 0 aliphatic carbocycles. The average Bonchev–Trinajstić information content (AvgIpc) is 2.83. The van der Waals surface area contributed by atoms with E-state index in [1.165, 1.54) is 52.7 Å². The van der Waals surface area contributed by atoms with Crippen molar-refractivity contribution in [1.82, 2.24) is 0 Å². The van der Waals surface area contributed by atoms with Gasteiger partial charge in [-0.3, -0.25) is 0 Å². The van der Waals surface area contributed by atoms with Gasteiger partial charge in [0.15, 0.2) is 32.9 Å². The molecule has 0 aliphatic heterocycles. The highest BCUT2D eigenvalue weighted by atomic mass is 32.2. The van der Waals surface area contributed by atoms with Gasteiger partial charge in [-0.05, 0) is 47.5 Å². The molecule has 0 amide bonds. The summed E-state index contributed by atoms with van der Waals surface area (Å²) < 4.78 is 62.4. The Bertz CT molecular complexity index is 1300. The Hall–Kier alpha value is -3.72. The van der Waals surface area contributed by atoms with Crippen molar-refractivity contribution in [1.29, 1.82) is 0 Å². The zero-order valence-corrected chi connectivity index (χ0v) is 20.1. The largest absolute Gasteiger partial charge is 0.494 e. The van der Waals surface area contributed by atoms with Crippen LogP contribution in [0.25, 0.3) is 12.2 Å². The first kappa shape index (κ1) is 24.9. The maximum absolute atomic E-state index is 15.2. The molecule has 3 rings (SSSR count). The first-order valence-electron chi connectivity index (χ1n) is 10.2. The van der Waals surface area contributed by atoms with Gasteiger partial charge in [0.25, 0.3) is 0 Å². The summed E-state index contributed by atoms with van der Waals surface area (Å²) in [6, 6.07) is 12.4. The molecule has 0 bridgehead atoms. The number of sulfone groups is 1. The average molecular weight is 488 g/mol. The zero-order chi connectivity index (χ0) is 24.9. The molecule has 180 valence electrons. The highest BCUT2D eigenvalue weighted by molar-refractivity contribution is 7.90. The van der Waals surface area contributed by atoms with E-state index in [1.807, 2.05) is 0 Å². The minimum Gasteiger partial charge on any atom is -0.494 e. The lowest BCUT2D eigenvalue weighted by Gasteiger charge is -2.14. The number of ether oxygens (including phenoxy) is 4. The number of nitrogen functional groups attached to an aromatic ring is 1. The molecule has 9 heteroatoms. The Morgan fingerprint density at radius 2 is 1.50 bits per heavy atom. The fourth-order valence-corrected chi connectivity index (χ4v) is 4.88. The molecular formula is C25H26FNO6S. The molecule has 0 aliphatic rings. The number of rotatable bonds is 9. The van der Waals surface area contributed by atoms with Crippen molar-refractivity contribution in [2.45, 2.75) is 10.6 Å². The van der Waals surface area contributed by atoms with E-state index in [0.717, 1.165) is 0 Å². The number of halogens is 1. The predicted molar refractivity (Wildman–Crippen MR) is 130 cm³/mol. The zero-order valence-electron chi connectivity index (χ0n) is 19.3. The normalized spacial score (nSPS) is 11.4. The monoisotopic (exact) mass is 487 g/mol. The molecule has 3 aromatic carbocycles. The van der Waals surface area contributed by atoms with Crippen molar-refractivity contribution in [2.75, 3.05) is 34.2 Å². The molecule has 0 radical (unpaired) electrons. The summed E-state index contributed by atoms with van der Waals surface area (Å²) in [4.78, 5) is 0.00859. The molecule has 0 aromatic heterocycles. The smallest absolute Gasteiger partial charge is 0.203 e. The fraction of sp³-hybridized carbons (Fsp3) is 0.200. The van der Waals surface area contributed by atoms with E-state index in [2.05, 4.69) is 0 Å². The lowest BCUT2D eigenvalue weighted by molar-refractivity contribution is 0.324. The third-order valence-electron chi connectivity index (χ3n) is 5.16. The first-order chi connectivity index (χ1) is 16.2. The van der Waals surface area contributed by atoms with Crippen molar-refractivity contribution < 1.29 is 31.8 Å². The number of hydrogen-bond acceptors (Lipinski definition) is 7. The van der Waals surface area contributed by atoms with Gasteiger partial charge in [0, 0.05) is 11.3 Å². The van der Waals surface area contributed by atoms with Gasteiger partial charge in [-0.2, -0.15) is 0 Å². The number of methoxy groups -OCH3 is 4. The van der Waals surface area contributed by atoms with Crippen LogP contribution in [0.5, 0.6) is 23.0 Å². The quantitative estimate of drug-likeness (QED) is 0.348. The van der Waals surface area contributed by atoms with Crippen molar-refractivity contribution in [3.05, 3.63) is 71.0 Å². The van der Waals surface area contributed by atoms with Crippen LogP contribution in [-0.2, 0) is 15.6 Å². The summed E-state index contributed by atoms with van der Waals surface area (Å²) in [5.41, 5.74) is 7.06. The van der Waals surface area contributed by atoms with E-state index in [0.29, 0.717) is 34.1 Å². The molecule has 0 fully saturated rings. The van der Waals surface area contributed by atoms with Gasteiger partial charge in [-0.25, -0.2) is 12.8 Å². The Kier molecular flexibility index (Phi) is 7.68. The topological polar surface area (TPSA) is 97.1 Å². The van der Waals surface area contributed by atoms with Crippen molar-refractivity contribution in [2.24, 2.45) is 0 Å². The molecule has 7 nitrogen and oxygen atoms in total. The second-order valence-electron chi connectivity index (χ2n) is 7.27. The minimum atomic E-state index is -3.89. The van der Waals surface area contributed by atoms with E-state index in [-0.39, 0.29) is 16.2 Å². The number of anilines is 1. The maximum Gasteiger partial charge on any atom is 0.203 e. The standard InChI is InChI=1S/C25H26FNO6S/c1-30-21-11-10-17(9-8-16-12-22(31-2)25(33-4)23(13-16)32-3)20(24(21)26)15-34(28,29)19-7-5-6-18(27)14-19/h5-14H,15,27H2,1-4H3/b9-8-. The Labute approximate surface area is 198 Å². The number of benzene rings is 3. The van der Waals surface area contributed by atoms with Crippen LogP contribution < -0.4 is 24.7 Å². The van der Waals surface area contributed by atoms with Crippen LogP contribution >= 0.6 is 0 Å². The lowest BCUT2D eigenvalue weighted by atomic mass is 10.1. The summed E-state index contributed by atoms with van der Waals surface area (Å²) in [5, 5.41) is 0. The number of hydrogen-bond donors (Lipinski definition) is 1. The van der Waals surface area contributed by atoms with Crippen LogP contribution in [0.1, 0.15) is 16.7 Å². The second kappa shape index (κ2) is 10.5. The maximum atomic E-state index is 15.2. The molecule has 0 heterocycles. The van der Waals surface area contributed by atoms with Gasteiger partial charge in [-0.1, -0.05) is 24.3 Å². The Morgan fingerprint density at radius 3 is 2.06 bits per heavy atom. The van der Waals surface area contributed by atoms with E-state index in [4.69, 9.17) is 24.7 Å². The molecular weight excluding hydrogens is 461 g/mol. The number of nitrogens with two attached hydrogens (primary N) is 1. The van der Waals surface area contributed by atoms with Gasteiger partial charge in [0.2, 0.25) is 5.75 Å². The van der Waals surface area contributed by atoms with E-state index < -0.39 is 21.4 Å². The molecule has 0 saturated carbocycles. The minimum absolute atomic E-state index is 0.00859. The Balaban J connectivity index is 2.07. The molecule has 3 aromatic rings. The van der Waals surface area contributed by atoms with E-state index in [1.54, 1.807) is 36.4 Å². The van der Waals surface area contributed by atoms with Crippen LogP contribution in [0.15, 0.2) is 53.4 Å². The molecule has 2 N–H and O–H groups in total. The van der Waals surface area contributed by atoms with Crippen molar-refractivity contribution in [3.63, 3.8) is 0 Å². The SMILES string of the molecule is COc1ccc(/C=C\c2cc(OC)c(OC)c(OC)c2)c(CS(=O)(=O)c2cccc(N)c2)c1F. The van der Waals surface area contributed by atoms with Gasteiger partial charge in [0.05, 0.1) is 39.1 Å². The third-order valence-corrected chi connectivity index (χ3v) is 6.80. The molecule has 0 unspecified atom stereocenters. The van der Waals surface area contributed by atoms with Gasteiger partial charge >= 0.3 is 0 Å². The lowest BCUT2D eigenvalue weighted by Crippen LogP contribution is -2.09. The summed E-state index contributed by atoms with van der Waals surface area (Å²) in [7, 11) is 1.94. The summed E-state index contributed by atoms with van der Waals surface area (Å²) in [5.74, 6) is -0.0379. The second-order valence-corrected chi connectivity index (χ2v) is 9.26. The van der Waals surface area contributed by atoms with Gasteiger partial charge < -0.3 is 24.7 Å². The van der Waals surface area contributed by atoms with Crippen molar-refractivity contribution >= 4 is 27.7 Å². The molecule has 0 saturated heterocycles. The molecule has 34 heavy (non-hydrogen) atoms. The van der Waals surface area contributed by atoms with Crippen LogP contribution in [-0.4, -0.2) is 36.9 Å². The van der Waals surface area contributed by atoms with Crippen LogP contribution in [0.2, 0.25) is 0 Å².